The van der Waals surface area contributed by atoms with Crippen molar-refractivity contribution in [2.24, 2.45) is 41.4 Å². The van der Waals surface area contributed by atoms with E-state index in [9.17, 15) is 55.1 Å². The standard InChI is InChI=1S/C74H114F8N12O13/c1-11-44(4)61-69(104)87(6)42-59(97)89(8)54-28-21-43(3)40-94(68(54)103)56(38-45-22-25-48(26-23-45)73(77,78)79)66(101)86(5)41-57(95)83-51(27-24-46-36-49(75)60(50(76)37-46)74(80,81)82)65(100)93-31-17-20-53(93)64(99)85-72(29-15-16-30-72)71(106)91(10)62(47-18-13-14-19-47)70(105)90(9)55(67(102)92-32-34-107-35-33-92)39-58(96)88(7)52(12-2)63(98)84-61/h43-56,60-62H,11-42H2,1-10H3,(H,83,95)(H,84,98)(H,85,99)/t43-,44+,45?,46?,48?,49?,50?,51+,52+,53+,54+,55+,56+,60?,61+,62+/m1/s1. The van der Waals surface area contributed by atoms with Gasteiger partial charge in [0.1, 0.15) is 72.1 Å². The van der Waals surface area contributed by atoms with E-state index >= 15 is 37.5 Å². The zero-order valence-corrected chi connectivity index (χ0v) is 63.8. The van der Waals surface area contributed by atoms with Crippen LogP contribution in [0.5, 0.6) is 0 Å². The predicted molar refractivity (Wildman–Crippen MR) is 374 cm³/mol. The van der Waals surface area contributed by atoms with E-state index < -0.39 is 224 Å². The molecule has 604 valence electrons. The van der Waals surface area contributed by atoms with Crippen LogP contribution < -0.4 is 16.0 Å². The van der Waals surface area contributed by atoms with Crippen LogP contribution in [0.1, 0.15) is 182 Å². The van der Waals surface area contributed by atoms with Gasteiger partial charge in [0, 0.05) is 68.5 Å². The molecule has 8 fully saturated rings. The molecule has 4 saturated carbocycles. The first-order valence-electron chi connectivity index (χ1n) is 38.7. The molecule has 2 unspecified atom stereocenters. The SMILES string of the molecule is CC[C@H](C)[C@@H]1NC(=O)[C@H](CC)N(C)C(=O)C[C@@H](C(=O)N2CCOCC2)N(C)C(=O)[C@H](C2CCCC2)N(C)C(=O)C2(CCCC2)NC(=O)[C@@H]2CCCN2C(=O)[C@H](CCC2CC(F)C(C(F)(F)F)C(F)C2)NC(=O)CN(C)C(=O)[C@H](CC2CCC(C(F)(F)F)CC2)N2C[C@H](C)CC[C@@H](C2=O)N(C)C(=O)CN(C)C1=O. The topological polar surface area (TPSA) is 279 Å². The zero-order valence-electron chi connectivity index (χ0n) is 63.8. The number of carbonyl (C=O) groups is 12. The summed E-state index contributed by atoms with van der Waals surface area (Å²) in [5.41, 5.74) is -1.67. The number of alkyl halides is 8. The number of carbonyl (C=O) groups excluding carboxylic acids is 12. The van der Waals surface area contributed by atoms with Gasteiger partial charge in [-0.25, -0.2) is 8.78 Å². The first-order valence-corrected chi connectivity index (χ1v) is 38.7. The Hall–Kier alpha value is -6.96. The van der Waals surface area contributed by atoms with Crippen molar-refractivity contribution in [3.8, 4) is 0 Å². The summed E-state index contributed by atoms with van der Waals surface area (Å²) >= 11 is 0. The quantitative estimate of drug-likeness (QED) is 0.214. The average molecular weight is 1530 g/mol. The Morgan fingerprint density at radius 1 is 0.589 bits per heavy atom. The average Bonchev–Trinajstić information content (AvgIpc) is 1.74. The molecule has 4 heterocycles. The summed E-state index contributed by atoms with van der Waals surface area (Å²) in [6, 6.07) is -11.0. The molecule has 4 aliphatic heterocycles. The molecule has 12 amide bonds. The maximum atomic E-state index is 15.7. The molecule has 2 bridgehead atoms. The highest BCUT2D eigenvalue weighted by Crippen LogP contribution is 2.46. The summed E-state index contributed by atoms with van der Waals surface area (Å²) in [4.78, 5) is 192. The number of halogens is 8. The van der Waals surface area contributed by atoms with Crippen LogP contribution in [0.4, 0.5) is 35.1 Å². The van der Waals surface area contributed by atoms with Crippen LogP contribution in [-0.2, 0) is 62.3 Å². The van der Waals surface area contributed by atoms with Gasteiger partial charge in [-0.15, -0.1) is 0 Å². The van der Waals surface area contributed by atoms with Crippen LogP contribution >= 0.6 is 0 Å². The molecule has 1 spiro atoms. The van der Waals surface area contributed by atoms with Gasteiger partial charge >= 0.3 is 12.4 Å². The van der Waals surface area contributed by atoms with Crippen molar-refractivity contribution in [2.75, 3.05) is 94.8 Å². The number of rotatable bonds is 10. The summed E-state index contributed by atoms with van der Waals surface area (Å²) < 4.78 is 121. The van der Waals surface area contributed by atoms with Crippen molar-refractivity contribution in [1.29, 1.82) is 0 Å². The molecule has 12 atom stereocenters. The minimum absolute atomic E-state index is 0.00417. The van der Waals surface area contributed by atoms with Crippen molar-refractivity contribution < 1.29 is 97.4 Å². The second-order valence-electron chi connectivity index (χ2n) is 32.0. The van der Waals surface area contributed by atoms with Gasteiger partial charge in [0.25, 0.3) is 0 Å². The van der Waals surface area contributed by atoms with E-state index in [0.717, 1.165) is 19.6 Å². The normalized spacial score (nSPS) is 32.9. The lowest BCUT2D eigenvalue weighted by Gasteiger charge is -2.42. The minimum Gasteiger partial charge on any atom is -0.378 e. The van der Waals surface area contributed by atoms with Crippen molar-refractivity contribution in [1.82, 2.24) is 60.0 Å². The number of nitrogens with one attached hydrogen (secondary N) is 3. The minimum atomic E-state index is -5.20. The highest BCUT2D eigenvalue weighted by atomic mass is 19.4. The van der Waals surface area contributed by atoms with Crippen LogP contribution in [0.15, 0.2) is 0 Å². The number of likely N-dealkylation sites (N-methyl/N-ethyl adjacent to an activating group) is 6. The third-order valence-corrected chi connectivity index (χ3v) is 24.7. The largest absolute Gasteiger partial charge is 0.397 e. The molecule has 0 aromatic rings. The number of ether oxygens (including phenoxy) is 1. The third kappa shape index (κ3) is 20.4. The zero-order chi connectivity index (χ0) is 78.9. The predicted octanol–water partition coefficient (Wildman–Crippen LogP) is 5.94. The number of amides is 12. The van der Waals surface area contributed by atoms with Crippen LogP contribution in [0, 0.1) is 41.4 Å². The van der Waals surface area contributed by atoms with Gasteiger partial charge in [-0.1, -0.05) is 59.8 Å². The molecular weight excluding hydrogens is 1420 g/mol. The first kappa shape index (κ1) is 85.6. The van der Waals surface area contributed by atoms with Crippen molar-refractivity contribution in [2.45, 2.75) is 260 Å². The van der Waals surface area contributed by atoms with E-state index in [-0.39, 0.29) is 122 Å². The molecule has 25 nitrogen and oxygen atoms in total. The van der Waals surface area contributed by atoms with Gasteiger partial charge in [-0.3, -0.25) is 57.5 Å². The molecular formula is C74H114F8N12O13. The first-order chi connectivity index (χ1) is 50.3. The number of morpholine rings is 1. The van der Waals surface area contributed by atoms with E-state index in [1.165, 1.54) is 66.8 Å². The molecule has 0 aromatic heterocycles. The number of hydrogen-bond donors (Lipinski definition) is 3. The Bertz CT molecular complexity index is 3170. The van der Waals surface area contributed by atoms with E-state index in [0.29, 0.717) is 51.4 Å². The Labute approximate surface area is 622 Å². The molecule has 0 aromatic carbocycles. The van der Waals surface area contributed by atoms with Gasteiger partial charge in [-0.05, 0) is 145 Å². The van der Waals surface area contributed by atoms with Crippen LogP contribution in [0.2, 0.25) is 0 Å². The van der Waals surface area contributed by atoms with E-state index in [4.69, 9.17) is 4.74 Å². The Kier molecular flexibility index (Phi) is 29.4. The van der Waals surface area contributed by atoms with Crippen LogP contribution in [0.3, 0.4) is 0 Å². The van der Waals surface area contributed by atoms with E-state index in [1.807, 2.05) is 0 Å². The summed E-state index contributed by atoms with van der Waals surface area (Å²) in [5, 5.41) is 8.46. The van der Waals surface area contributed by atoms with Crippen molar-refractivity contribution in [3.05, 3.63) is 0 Å². The Balaban J connectivity index is 1.18. The van der Waals surface area contributed by atoms with Crippen LogP contribution in [-0.4, -0.2) is 288 Å². The monoisotopic (exact) mass is 1530 g/mol. The molecule has 8 rings (SSSR count). The summed E-state index contributed by atoms with van der Waals surface area (Å²) in [7, 11) is 8.10. The maximum absolute atomic E-state index is 15.7. The van der Waals surface area contributed by atoms with Gasteiger partial charge in [0.15, 0.2) is 0 Å². The van der Waals surface area contributed by atoms with Crippen LogP contribution in [0.25, 0.3) is 0 Å². The summed E-state index contributed by atoms with van der Waals surface area (Å²) in [6.45, 7) is 5.83. The number of fused-ring (bicyclic) bond motifs is 3. The van der Waals surface area contributed by atoms with Gasteiger partial charge < -0.3 is 64.8 Å². The molecule has 4 saturated heterocycles. The highest BCUT2D eigenvalue weighted by molar-refractivity contribution is 6.01. The lowest BCUT2D eigenvalue weighted by Crippen LogP contribution is -2.65. The van der Waals surface area contributed by atoms with Gasteiger partial charge in [-0.2, -0.15) is 26.3 Å². The number of nitrogens with zero attached hydrogens (tertiary/aromatic N) is 9. The van der Waals surface area contributed by atoms with Gasteiger partial charge in [0.2, 0.25) is 70.9 Å². The molecule has 8 aliphatic rings. The second-order valence-corrected chi connectivity index (χ2v) is 32.0. The van der Waals surface area contributed by atoms with Gasteiger partial charge in [0.05, 0.1) is 38.6 Å². The smallest absolute Gasteiger partial charge is 0.378 e. The summed E-state index contributed by atoms with van der Waals surface area (Å²) in [6.07, 6.45) is -14.1. The summed E-state index contributed by atoms with van der Waals surface area (Å²) in [5.74, 6) is -16.6. The molecule has 33 heteroatoms. The molecule has 107 heavy (non-hydrogen) atoms. The van der Waals surface area contributed by atoms with Crippen molar-refractivity contribution in [3.63, 3.8) is 0 Å². The lowest BCUT2D eigenvalue weighted by atomic mass is 9.76. The Morgan fingerprint density at radius 3 is 1.79 bits per heavy atom. The maximum Gasteiger partial charge on any atom is 0.397 e. The fourth-order valence-corrected chi connectivity index (χ4v) is 17.9. The second kappa shape index (κ2) is 36.7. The third-order valence-electron chi connectivity index (χ3n) is 24.7. The molecule has 3 N–H and O–H groups in total. The highest BCUT2D eigenvalue weighted by Gasteiger charge is 2.56. The molecule has 4 aliphatic carbocycles. The number of hydrogen-bond acceptors (Lipinski definition) is 13. The molecule has 0 radical (unpaired) electrons. The van der Waals surface area contributed by atoms with E-state index in [2.05, 4.69) is 16.0 Å². The van der Waals surface area contributed by atoms with Crippen molar-refractivity contribution >= 4 is 70.9 Å². The Morgan fingerprint density at radius 2 is 1.21 bits per heavy atom. The fraction of sp³-hybridized carbons (Fsp3) is 0.838. The van der Waals surface area contributed by atoms with E-state index in [1.54, 1.807) is 27.7 Å². The fourth-order valence-electron chi connectivity index (χ4n) is 17.9. The lowest BCUT2D eigenvalue weighted by molar-refractivity contribution is -0.219.